The molecule has 0 saturated heterocycles. The van der Waals surface area contributed by atoms with Gasteiger partial charge < -0.3 is 30.9 Å². The molecule has 3 aliphatic carbocycles. The summed E-state index contributed by atoms with van der Waals surface area (Å²) in [5, 5.41) is 45.2. The lowest BCUT2D eigenvalue weighted by Gasteiger charge is -2.50. The molecule has 0 aliphatic heterocycles. The zero-order valence-electron chi connectivity index (χ0n) is 24.7. The van der Waals surface area contributed by atoms with Crippen LogP contribution in [0.25, 0.3) is 0 Å². The first-order valence-corrected chi connectivity index (χ1v) is 13.9. The van der Waals surface area contributed by atoms with E-state index < -0.39 is 58.0 Å². The third-order valence-electron chi connectivity index (χ3n) is 9.27. The van der Waals surface area contributed by atoms with Crippen molar-refractivity contribution in [3.05, 3.63) is 45.4 Å². The van der Waals surface area contributed by atoms with E-state index in [0.29, 0.717) is 29.3 Å². The smallest absolute Gasteiger partial charge is 0.255 e. The number of carbonyl (C=O) groups is 3. The van der Waals surface area contributed by atoms with Gasteiger partial charge in [-0.1, -0.05) is 20.8 Å². The highest BCUT2D eigenvalue weighted by Gasteiger charge is 2.63. The number of nitrogens with two attached hydrogens (primary N) is 1. The summed E-state index contributed by atoms with van der Waals surface area (Å²) in [6, 6.07) is 0.686. The maximum absolute atomic E-state index is 13.9. The number of hydrogen-bond acceptors (Lipinski definition) is 10. The number of likely N-dealkylation sites (N-methyl/N-ethyl adjacent to an activating group) is 1. The molecule has 0 radical (unpaired) electrons. The number of carbonyl (C=O) groups excluding carboxylic acids is 3. The molecule has 3 aliphatic rings. The Hall–Kier alpha value is -3.41. The van der Waals surface area contributed by atoms with Crippen molar-refractivity contribution in [1.29, 1.82) is 0 Å². The SMILES string of the molecule is CCN(Cc1cc(O)c2c(c1OC)C[C@H]1C[C@H]3[C@H](N(C)C)C(O)=C(C(N)=O)C(=O)[C@@]3(O)C(O)=C1C2=O)[C@@H](C)C(C)C. The number of phenolic OH excluding ortho intramolecular Hbond substituents is 1. The largest absolute Gasteiger partial charge is 0.510 e. The van der Waals surface area contributed by atoms with Crippen LogP contribution in [0.2, 0.25) is 0 Å². The molecule has 1 amide bonds. The number of primary amides is 1. The minimum Gasteiger partial charge on any atom is -0.510 e. The summed E-state index contributed by atoms with van der Waals surface area (Å²) >= 11 is 0. The fourth-order valence-corrected chi connectivity index (χ4v) is 6.92. The number of benzene rings is 1. The van der Waals surface area contributed by atoms with E-state index >= 15 is 0 Å². The second-order valence-electron chi connectivity index (χ2n) is 12.0. The molecular weight excluding hydrogens is 530 g/mol. The third-order valence-corrected chi connectivity index (χ3v) is 9.27. The molecule has 1 aromatic carbocycles. The number of rotatable bonds is 8. The standard InChI is InChI=1S/C30H41N3O8/c1-8-33(14(4)13(2)3)12-16-11-19(34)21-17(26(16)41-7)9-15-10-18-23(32(5)6)25(36)22(29(31)39)28(38)30(18,40)27(37)20(15)24(21)35/h11,13-15,18,23,34,36-37,40H,8-10,12H2,1-7H3,(H2,31,39)/t14-,15-,18-,23-,30-/m0/s1. The summed E-state index contributed by atoms with van der Waals surface area (Å²) in [5.74, 6) is -5.94. The Bertz CT molecular complexity index is 1360. The summed E-state index contributed by atoms with van der Waals surface area (Å²) in [6.45, 7) is 9.68. The number of aromatic hydroxyl groups is 1. The van der Waals surface area contributed by atoms with Gasteiger partial charge in [-0.15, -0.1) is 0 Å². The molecule has 0 spiro atoms. The zero-order valence-corrected chi connectivity index (χ0v) is 24.7. The minimum absolute atomic E-state index is 0.0192. The van der Waals surface area contributed by atoms with Crippen LogP contribution >= 0.6 is 0 Å². The topological polar surface area (TPSA) is 174 Å². The molecule has 0 bridgehead atoms. The van der Waals surface area contributed by atoms with Crippen molar-refractivity contribution in [2.24, 2.45) is 23.5 Å². The molecule has 4 rings (SSSR count). The number of fused-ring (bicyclic) bond motifs is 3. The molecule has 11 heteroatoms. The molecule has 5 atom stereocenters. The van der Waals surface area contributed by atoms with Gasteiger partial charge in [0, 0.05) is 35.2 Å². The van der Waals surface area contributed by atoms with Gasteiger partial charge in [0.1, 0.15) is 28.6 Å². The highest BCUT2D eigenvalue weighted by molar-refractivity contribution is 6.24. The number of nitrogens with zero attached hydrogens (tertiary/aromatic N) is 2. The predicted molar refractivity (Wildman–Crippen MR) is 151 cm³/mol. The van der Waals surface area contributed by atoms with Crippen molar-refractivity contribution in [2.45, 2.75) is 64.8 Å². The van der Waals surface area contributed by atoms with Gasteiger partial charge in [0.15, 0.2) is 11.4 Å². The number of Topliss-reactive ketones (excluding diaryl/α,β-unsaturated/α-hetero) is 2. The monoisotopic (exact) mass is 571 g/mol. The second-order valence-corrected chi connectivity index (χ2v) is 12.0. The van der Waals surface area contributed by atoms with Crippen LogP contribution in [-0.2, 0) is 22.6 Å². The fraction of sp³-hybridized carbons (Fsp3) is 0.567. The van der Waals surface area contributed by atoms with Gasteiger partial charge in [-0.05, 0) is 58.3 Å². The second kappa shape index (κ2) is 10.8. The highest BCUT2D eigenvalue weighted by Crippen LogP contribution is 2.53. The number of aliphatic hydroxyl groups is 3. The molecule has 0 heterocycles. The average molecular weight is 572 g/mol. The fourth-order valence-electron chi connectivity index (χ4n) is 6.92. The molecule has 224 valence electrons. The van der Waals surface area contributed by atoms with Crippen LogP contribution in [0.1, 0.15) is 55.6 Å². The van der Waals surface area contributed by atoms with E-state index in [1.807, 2.05) is 0 Å². The lowest BCUT2D eigenvalue weighted by molar-refractivity contribution is -0.148. The van der Waals surface area contributed by atoms with Crippen molar-refractivity contribution in [3.8, 4) is 11.5 Å². The van der Waals surface area contributed by atoms with E-state index in [4.69, 9.17) is 10.5 Å². The zero-order chi connectivity index (χ0) is 30.7. The van der Waals surface area contributed by atoms with Crippen LogP contribution in [-0.4, -0.2) is 93.1 Å². The Morgan fingerprint density at radius 1 is 1.20 bits per heavy atom. The van der Waals surface area contributed by atoms with Crippen LogP contribution in [0.15, 0.2) is 28.7 Å². The van der Waals surface area contributed by atoms with E-state index in [9.17, 15) is 34.8 Å². The van der Waals surface area contributed by atoms with E-state index in [0.717, 1.165) is 6.54 Å². The van der Waals surface area contributed by atoms with Crippen molar-refractivity contribution < 1.29 is 39.5 Å². The van der Waals surface area contributed by atoms with Gasteiger partial charge in [0.2, 0.25) is 5.78 Å². The summed E-state index contributed by atoms with van der Waals surface area (Å²) in [7, 11) is 4.69. The predicted octanol–water partition coefficient (Wildman–Crippen LogP) is 2.00. The number of aliphatic hydroxyl groups excluding tert-OH is 2. The van der Waals surface area contributed by atoms with Crippen molar-refractivity contribution >= 4 is 17.5 Å². The highest BCUT2D eigenvalue weighted by atomic mass is 16.5. The number of ether oxygens (including phenoxy) is 1. The molecule has 0 fully saturated rings. The Morgan fingerprint density at radius 2 is 1.83 bits per heavy atom. The number of methoxy groups -OCH3 is 1. The number of hydrogen-bond donors (Lipinski definition) is 5. The summed E-state index contributed by atoms with van der Waals surface area (Å²) in [4.78, 5) is 43.3. The Labute approximate surface area is 239 Å². The lowest BCUT2D eigenvalue weighted by Crippen LogP contribution is -2.63. The quantitative estimate of drug-likeness (QED) is 0.290. The molecular formula is C30H41N3O8. The Kier molecular flexibility index (Phi) is 8.03. The number of ketones is 2. The van der Waals surface area contributed by atoms with Crippen molar-refractivity contribution in [3.63, 3.8) is 0 Å². The molecule has 41 heavy (non-hydrogen) atoms. The van der Waals surface area contributed by atoms with E-state index in [2.05, 4.69) is 32.6 Å². The number of amides is 1. The maximum Gasteiger partial charge on any atom is 0.255 e. The molecule has 6 N–H and O–H groups in total. The van der Waals surface area contributed by atoms with Crippen molar-refractivity contribution in [1.82, 2.24) is 9.80 Å². The van der Waals surface area contributed by atoms with Gasteiger partial charge in [0.25, 0.3) is 5.91 Å². The van der Waals surface area contributed by atoms with Crippen LogP contribution in [0.5, 0.6) is 11.5 Å². The first kappa shape index (κ1) is 30.5. The summed E-state index contributed by atoms with van der Waals surface area (Å²) in [6.07, 6.45) is 0.191. The van der Waals surface area contributed by atoms with Crippen molar-refractivity contribution in [2.75, 3.05) is 27.7 Å². The maximum atomic E-state index is 13.9. The van der Waals surface area contributed by atoms with E-state index in [1.54, 1.807) is 14.1 Å². The van der Waals surface area contributed by atoms with Crippen LogP contribution in [0, 0.1) is 17.8 Å². The van der Waals surface area contributed by atoms with Gasteiger partial charge in [-0.2, -0.15) is 0 Å². The van der Waals surface area contributed by atoms with Crippen LogP contribution < -0.4 is 10.5 Å². The van der Waals surface area contributed by atoms with Crippen LogP contribution in [0.4, 0.5) is 0 Å². The van der Waals surface area contributed by atoms with E-state index in [-0.39, 0.29) is 35.8 Å². The molecule has 11 nitrogen and oxygen atoms in total. The Balaban J connectivity index is 1.89. The average Bonchev–Trinajstić information content (AvgIpc) is 2.88. The Morgan fingerprint density at radius 3 is 2.34 bits per heavy atom. The minimum atomic E-state index is -2.67. The summed E-state index contributed by atoms with van der Waals surface area (Å²) < 4.78 is 5.82. The molecule has 0 aromatic heterocycles. The van der Waals surface area contributed by atoms with Gasteiger partial charge >= 0.3 is 0 Å². The number of phenols is 1. The third kappa shape index (κ3) is 4.50. The van der Waals surface area contributed by atoms with Gasteiger partial charge in [0.05, 0.1) is 18.7 Å². The van der Waals surface area contributed by atoms with Gasteiger partial charge in [-0.3, -0.25) is 24.2 Å². The summed E-state index contributed by atoms with van der Waals surface area (Å²) in [5.41, 5.74) is 2.81. The van der Waals surface area contributed by atoms with Gasteiger partial charge in [-0.25, -0.2) is 0 Å². The normalized spacial score (nSPS) is 26.9. The molecule has 1 aromatic rings. The first-order chi connectivity index (χ1) is 19.1. The lowest BCUT2D eigenvalue weighted by atomic mass is 9.58. The number of allylic oxidation sites excluding steroid dienone is 1. The van der Waals surface area contributed by atoms with E-state index in [1.165, 1.54) is 18.1 Å². The first-order valence-electron chi connectivity index (χ1n) is 13.9. The molecule has 0 unspecified atom stereocenters. The van der Waals surface area contributed by atoms with Crippen LogP contribution in [0.3, 0.4) is 0 Å². The molecule has 0 saturated carbocycles.